The number of nitrogens with one attached hydrogen (secondary N) is 2. The average Bonchev–Trinajstić information content (AvgIpc) is 2.74. The van der Waals surface area contributed by atoms with E-state index in [0.717, 1.165) is 24.5 Å². The van der Waals surface area contributed by atoms with Gasteiger partial charge in [0.05, 0.1) is 13.2 Å². The van der Waals surface area contributed by atoms with Crippen LogP contribution < -0.4 is 15.5 Å². The molecule has 1 aliphatic heterocycles. The van der Waals surface area contributed by atoms with Crippen LogP contribution in [0.15, 0.2) is 42.5 Å². The fourth-order valence-electron chi connectivity index (χ4n) is 3.15. The largest absolute Gasteiger partial charge is 0.378 e. The summed E-state index contributed by atoms with van der Waals surface area (Å²) in [7, 11) is 0. The van der Waals surface area contributed by atoms with Crippen LogP contribution in [0.4, 0.5) is 29.2 Å². The first kappa shape index (κ1) is 19.1. The number of aromatic nitrogens is 3. The first-order valence-corrected chi connectivity index (χ1v) is 9.84. The van der Waals surface area contributed by atoms with E-state index in [2.05, 4.69) is 69.5 Å². The summed E-state index contributed by atoms with van der Waals surface area (Å²) in [5.41, 5.74) is 5.53. The third-order valence-electron chi connectivity index (χ3n) is 5.08. The van der Waals surface area contributed by atoms with Gasteiger partial charge in [0.25, 0.3) is 0 Å². The second-order valence-electron chi connectivity index (χ2n) is 7.25. The standard InChI is InChI=1S/C22H26N6O/c1-15-7-9-18(10-8-15)23-20-25-21(24-19-6-4-5-16(2)17(19)3)27-22(26-20)28-11-13-29-14-12-28/h4-10H,11-14H2,1-3H3,(H2,23,24,25,26,27). The molecule has 0 radical (unpaired) electrons. The van der Waals surface area contributed by atoms with Gasteiger partial charge in [-0.2, -0.15) is 15.0 Å². The number of ether oxygens (including phenoxy) is 1. The SMILES string of the molecule is Cc1ccc(Nc2nc(Nc3cccc(C)c3C)nc(N3CCOCC3)n2)cc1. The lowest BCUT2D eigenvalue weighted by Gasteiger charge is -2.27. The fourth-order valence-corrected chi connectivity index (χ4v) is 3.15. The van der Waals surface area contributed by atoms with Gasteiger partial charge in [-0.1, -0.05) is 29.8 Å². The van der Waals surface area contributed by atoms with Crippen molar-refractivity contribution in [3.63, 3.8) is 0 Å². The van der Waals surface area contributed by atoms with Crippen molar-refractivity contribution >= 4 is 29.2 Å². The number of hydrogen-bond donors (Lipinski definition) is 2. The first-order chi connectivity index (χ1) is 14.1. The van der Waals surface area contributed by atoms with Crippen molar-refractivity contribution in [3.05, 3.63) is 59.2 Å². The Hall–Kier alpha value is -3.19. The molecular formula is C22H26N6O. The molecule has 7 nitrogen and oxygen atoms in total. The van der Waals surface area contributed by atoms with Crippen LogP contribution >= 0.6 is 0 Å². The molecule has 0 amide bonds. The van der Waals surface area contributed by atoms with Gasteiger partial charge in [0.1, 0.15) is 0 Å². The summed E-state index contributed by atoms with van der Waals surface area (Å²) in [4.78, 5) is 16.1. The van der Waals surface area contributed by atoms with Gasteiger partial charge < -0.3 is 20.3 Å². The molecule has 1 aliphatic rings. The molecule has 0 bridgehead atoms. The van der Waals surface area contributed by atoms with Crippen LogP contribution in [0, 0.1) is 20.8 Å². The Morgan fingerprint density at radius 3 is 2.24 bits per heavy atom. The second-order valence-corrected chi connectivity index (χ2v) is 7.25. The van der Waals surface area contributed by atoms with Crippen molar-refractivity contribution in [1.82, 2.24) is 15.0 Å². The Morgan fingerprint density at radius 1 is 0.828 bits per heavy atom. The van der Waals surface area contributed by atoms with E-state index in [4.69, 9.17) is 4.74 Å². The molecule has 0 spiro atoms. The molecule has 0 aliphatic carbocycles. The highest BCUT2D eigenvalue weighted by Crippen LogP contribution is 2.24. The van der Waals surface area contributed by atoms with E-state index in [9.17, 15) is 0 Å². The van der Waals surface area contributed by atoms with Crippen LogP contribution in [0.5, 0.6) is 0 Å². The predicted octanol–water partition coefficient (Wildman–Crippen LogP) is 4.12. The van der Waals surface area contributed by atoms with Crippen LogP contribution in [0.2, 0.25) is 0 Å². The van der Waals surface area contributed by atoms with Gasteiger partial charge in [-0.25, -0.2) is 0 Å². The van der Waals surface area contributed by atoms with E-state index in [1.165, 1.54) is 16.7 Å². The molecule has 2 aromatic carbocycles. The molecule has 150 valence electrons. The maximum Gasteiger partial charge on any atom is 0.233 e. The molecule has 1 saturated heterocycles. The minimum absolute atomic E-state index is 0.512. The van der Waals surface area contributed by atoms with Crippen LogP contribution in [-0.2, 0) is 4.74 Å². The van der Waals surface area contributed by atoms with Gasteiger partial charge >= 0.3 is 0 Å². The maximum absolute atomic E-state index is 5.47. The van der Waals surface area contributed by atoms with E-state index in [1.54, 1.807) is 0 Å². The minimum atomic E-state index is 0.512. The summed E-state index contributed by atoms with van der Waals surface area (Å²) in [5, 5.41) is 6.67. The molecule has 1 fully saturated rings. The normalized spacial score (nSPS) is 14.0. The van der Waals surface area contributed by atoms with Crippen LogP contribution in [-0.4, -0.2) is 41.3 Å². The first-order valence-electron chi connectivity index (χ1n) is 9.84. The van der Waals surface area contributed by atoms with Crippen molar-refractivity contribution in [2.75, 3.05) is 41.8 Å². The zero-order valence-corrected chi connectivity index (χ0v) is 17.1. The zero-order valence-electron chi connectivity index (χ0n) is 17.1. The van der Waals surface area contributed by atoms with Crippen LogP contribution in [0.25, 0.3) is 0 Å². The van der Waals surface area contributed by atoms with Crippen LogP contribution in [0.3, 0.4) is 0 Å². The Morgan fingerprint density at radius 2 is 1.52 bits per heavy atom. The number of anilines is 5. The summed E-state index contributed by atoms with van der Waals surface area (Å²) >= 11 is 0. The lowest BCUT2D eigenvalue weighted by atomic mass is 10.1. The van der Waals surface area contributed by atoms with Crippen molar-refractivity contribution in [1.29, 1.82) is 0 Å². The summed E-state index contributed by atoms with van der Waals surface area (Å²) in [6, 6.07) is 14.3. The van der Waals surface area contributed by atoms with Crippen molar-refractivity contribution in [2.45, 2.75) is 20.8 Å². The molecule has 3 aromatic rings. The predicted molar refractivity (Wildman–Crippen MR) is 117 cm³/mol. The fraction of sp³-hybridized carbons (Fsp3) is 0.318. The number of benzene rings is 2. The average molecular weight is 390 g/mol. The van der Waals surface area contributed by atoms with Gasteiger partial charge in [0.2, 0.25) is 17.8 Å². The van der Waals surface area contributed by atoms with Crippen LogP contribution in [0.1, 0.15) is 16.7 Å². The summed E-state index contributed by atoms with van der Waals surface area (Å²) < 4.78 is 5.47. The molecule has 2 heterocycles. The van der Waals surface area contributed by atoms with Gasteiger partial charge in [-0.15, -0.1) is 0 Å². The van der Waals surface area contributed by atoms with E-state index in [0.29, 0.717) is 31.1 Å². The molecule has 2 N–H and O–H groups in total. The summed E-state index contributed by atoms with van der Waals surface area (Å²) in [6.07, 6.45) is 0. The minimum Gasteiger partial charge on any atom is -0.378 e. The molecule has 29 heavy (non-hydrogen) atoms. The van der Waals surface area contributed by atoms with Gasteiger partial charge in [-0.3, -0.25) is 0 Å². The topological polar surface area (TPSA) is 75.2 Å². The van der Waals surface area contributed by atoms with Gasteiger partial charge in [0, 0.05) is 24.5 Å². The quantitative estimate of drug-likeness (QED) is 0.679. The monoisotopic (exact) mass is 390 g/mol. The van der Waals surface area contributed by atoms with Crippen molar-refractivity contribution in [3.8, 4) is 0 Å². The molecule has 7 heteroatoms. The Balaban J connectivity index is 1.67. The van der Waals surface area contributed by atoms with Crippen molar-refractivity contribution in [2.24, 2.45) is 0 Å². The molecule has 1 aromatic heterocycles. The highest BCUT2D eigenvalue weighted by Gasteiger charge is 2.17. The van der Waals surface area contributed by atoms with E-state index in [-0.39, 0.29) is 0 Å². The number of hydrogen-bond acceptors (Lipinski definition) is 7. The number of nitrogens with zero attached hydrogens (tertiary/aromatic N) is 4. The zero-order chi connectivity index (χ0) is 20.2. The smallest absolute Gasteiger partial charge is 0.233 e. The lowest BCUT2D eigenvalue weighted by molar-refractivity contribution is 0.122. The summed E-state index contributed by atoms with van der Waals surface area (Å²) in [5.74, 6) is 1.67. The number of morpholine rings is 1. The second kappa shape index (κ2) is 8.45. The molecular weight excluding hydrogens is 364 g/mol. The molecule has 4 rings (SSSR count). The third kappa shape index (κ3) is 4.63. The third-order valence-corrected chi connectivity index (χ3v) is 5.08. The Labute approximate surface area is 171 Å². The van der Waals surface area contributed by atoms with E-state index < -0.39 is 0 Å². The number of rotatable bonds is 5. The molecule has 0 unspecified atom stereocenters. The van der Waals surface area contributed by atoms with Gasteiger partial charge in [0.15, 0.2) is 0 Å². The lowest BCUT2D eigenvalue weighted by Crippen LogP contribution is -2.37. The van der Waals surface area contributed by atoms with E-state index >= 15 is 0 Å². The molecule has 0 atom stereocenters. The Bertz CT molecular complexity index is 983. The Kier molecular flexibility index (Phi) is 5.57. The van der Waals surface area contributed by atoms with E-state index in [1.807, 2.05) is 24.3 Å². The summed E-state index contributed by atoms with van der Waals surface area (Å²) in [6.45, 7) is 9.12. The maximum atomic E-state index is 5.47. The molecule has 0 saturated carbocycles. The highest BCUT2D eigenvalue weighted by atomic mass is 16.5. The highest BCUT2D eigenvalue weighted by molar-refractivity contribution is 5.63. The van der Waals surface area contributed by atoms with Crippen molar-refractivity contribution < 1.29 is 4.74 Å². The number of aryl methyl sites for hydroxylation is 2. The van der Waals surface area contributed by atoms with Gasteiger partial charge in [-0.05, 0) is 50.1 Å².